The SMILES string of the molecule is CC(C)COC(=O)N1CCN(C(=O)c2ccccc2NC(=O)c2ccsc2)CC1. The molecule has 1 N–H and O–H groups in total. The first-order valence-electron chi connectivity index (χ1n) is 9.59. The molecular weight excluding hydrogens is 390 g/mol. The van der Waals surface area contributed by atoms with Gasteiger partial charge in [-0.25, -0.2) is 4.79 Å². The fourth-order valence-electron chi connectivity index (χ4n) is 2.96. The first kappa shape index (κ1) is 20.9. The zero-order valence-electron chi connectivity index (χ0n) is 16.6. The van der Waals surface area contributed by atoms with Gasteiger partial charge in [0.2, 0.25) is 0 Å². The molecule has 0 atom stereocenters. The summed E-state index contributed by atoms with van der Waals surface area (Å²) in [6.07, 6.45) is -0.339. The molecule has 0 radical (unpaired) electrons. The summed E-state index contributed by atoms with van der Waals surface area (Å²) in [5.74, 6) is -0.131. The Bertz CT molecular complexity index is 859. The van der Waals surface area contributed by atoms with Gasteiger partial charge in [0.25, 0.3) is 11.8 Å². The molecule has 0 saturated carbocycles. The van der Waals surface area contributed by atoms with Crippen LogP contribution in [0.1, 0.15) is 34.6 Å². The Balaban J connectivity index is 1.61. The van der Waals surface area contributed by atoms with E-state index in [-0.39, 0.29) is 23.8 Å². The number of hydrogen-bond donors (Lipinski definition) is 1. The maximum absolute atomic E-state index is 13.0. The van der Waals surface area contributed by atoms with Crippen LogP contribution in [0.25, 0.3) is 0 Å². The third-order valence-electron chi connectivity index (χ3n) is 4.55. The van der Waals surface area contributed by atoms with Crippen LogP contribution in [0.15, 0.2) is 41.1 Å². The Morgan fingerprint density at radius 1 is 1.07 bits per heavy atom. The molecule has 1 aromatic heterocycles. The summed E-state index contributed by atoms with van der Waals surface area (Å²) in [6, 6.07) is 8.71. The molecule has 3 rings (SSSR count). The van der Waals surface area contributed by atoms with Gasteiger partial charge in [0.05, 0.1) is 23.4 Å². The van der Waals surface area contributed by atoms with Crippen molar-refractivity contribution >= 4 is 34.9 Å². The molecule has 0 spiro atoms. The van der Waals surface area contributed by atoms with E-state index in [2.05, 4.69) is 5.32 Å². The number of nitrogens with zero attached hydrogens (tertiary/aromatic N) is 2. The summed E-state index contributed by atoms with van der Waals surface area (Å²) in [7, 11) is 0. The Kier molecular flexibility index (Phi) is 6.87. The van der Waals surface area contributed by atoms with Gasteiger partial charge in [0.15, 0.2) is 0 Å². The Hall–Kier alpha value is -2.87. The quantitative estimate of drug-likeness (QED) is 0.810. The van der Waals surface area contributed by atoms with Crippen molar-refractivity contribution in [2.24, 2.45) is 5.92 Å². The minimum absolute atomic E-state index is 0.165. The van der Waals surface area contributed by atoms with Crippen molar-refractivity contribution in [1.29, 1.82) is 0 Å². The van der Waals surface area contributed by atoms with Gasteiger partial charge in [-0.3, -0.25) is 9.59 Å². The number of ether oxygens (including phenoxy) is 1. The van der Waals surface area contributed by atoms with E-state index in [0.29, 0.717) is 49.6 Å². The topological polar surface area (TPSA) is 79.0 Å². The highest BCUT2D eigenvalue weighted by Crippen LogP contribution is 2.20. The lowest BCUT2D eigenvalue weighted by Gasteiger charge is -2.34. The van der Waals surface area contributed by atoms with Gasteiger partial charge in [-0.2, -0.15) is 11.3 Å². The zero-order valence-corrected chi connectivity index (χ0v) is 17.4. The van der Waals surface area contributed by atoms with Crippen LogP contribution in [-0.4, -0.2) is 60.5 Å². The van der Waals surface area contributed by atoms with Gasteiger partial charge in [0, 0.05) is 31.6 Å². The number of benzene rings is 1. The minimum atomic E-state index is -0.339. The third kappa shape index (κ3) is 5.35. The molecule has 8 heteroatoms. The lowest BCUT2D eigenvalue weighted by Crippen LogP contribution is -2.51. The molecule has 1 saturated heterocycles. The molecule has 1 aromatic carbocycles. The summed E-state index contributed by atoms with van der Waals surface area (Å²) in [6.45, 7) is 6.04. The number of hydrogen-bond acceptors (Lipinski definition) is 5. The predicted molar refractivity (Wildman–Crippen MR) is 112 cm³/mol. The van der Waals surface area contributed by atoms with Crippen molar-refractivity contribution in [3.05, 3.63) is 52.2 Å². The molecule has 0 aliphatic carbocycles. The van der Waals surface area contributed by atoms with E-state index in [1.54, 1.807) is 45.5 Å². The maximum Gasteiger partial charge on any atom is 0.409 e. The number of amides is 3. The molecule has 0 unspecified atom stereocenters. The predicted octanol–water partition coefficient (Wildman–Crippen LogP) is 3.55. The van der Waals surface area contributed by atoms with E-state index in [0.717, 1.165) is 0 Å². The monoisotopic (exact) mass is 415 g/mol. The lowest BCUT2D eigenvalue weighted by atomic mass is 10.1. The molecule has 2 aromatic rings. The molecule has 29 heavy (non-hydrogen) atoms. The van der Waals surface area contributed by atoms with E-state index in [4.69, 9.17) is 4.74 Å². The van der Waals surface area contributed by atoms with Crippen molar-refractivity contribution in [3.63, 3.8) is 0 Å². The first-order chi connectivity index (χ1) is 14.0. The van der Waals surface area contributed by atoms with Crippen LogP contribution >= 0.6 is 11.3 Å². The number of rotatable bonds is 5. The van der Waals surface area contributed by atoms with Crippen molar-refractivity contribution in [1.82, 2.24) is 9.80 Å². The largest absolute Gasteiger partial charge is 0.449 e. The summed E-state index contributed by atoms with van der Waals surface area (Å²) < 4.78 is 5.26. The number of anilines is 1. The second-order valence-corrected chi connectivity index (χ2v) is 8.04. The van der Waals surface area contributed by atoms with Crippen molar-refractivity contribution in [2.45, 2.75) is 13.8 Å². The van der Waals surface area contributed by atoms with E-state index in [1.807, 2.05) is 19.2 Å². The number of carbonyl (C=O) groups excluding carboxylic acids is 3. The molecule has 0 bridgehead atoms. The van der Waals surface area contributed by atoms with E-state index in [1.165, 1.54) is 11.3 Å². The van der Waals surface area contributed by atoms with Gasteiger partial charge in [-0.05, 0) is 29.5 Å². The van der Waals surface area contributed by atoms with Crippen molar-refractivity contribution < 1.29 is 19.1 Å². The smallest absolute Gasteiger partial charge is 0.409 e. The number of thiophene rings is 1. The normalized spacial score (nSPS) is 14.0. The molecule has 1 aliphatic heterocycles. The Morgan fingerprint density at radius 2 is 1.76 bits per heavy atom. The number of para-hydroxylation sites is 1. The second-order valence-electron chi connectivity index (χ2n) is 7.26. The van der Waals surface area contributed by atoms with Crippen LogP contribution in [0.2, 0.25) is 0 Å². The summed E-state index contributed by atoms with van der Waals surface area (Å²) in [5.41, 5.74) is 1.48. The highest BCUT2D eigenvalue weighted by atomic mass is 32.1. The van der Waals surface area contributed by atoms with Crippen molar-refractivity contribution in [3.8, 4) is 0 Å². The van der Waals surface area contributed by atoms with E-state index < -0.39 is 0 Å². The van der Waals surface area contributed by atoms with E-state index in [9.17, 15) is 14.4 Å². The van der Waals surface area contributed by atoms with Crippen LogP contribution in [0.5, 0.6) is 0 Å². The van der Waals surface area contributed by atoms with Crippen LogP contribution < -0.4 is 5.32 Å². The van der Waals surface area contributed by atoms with Gasteiger partial charge in [0.1, 0.15) is 0 Å². The Labute approximate surface area is 174 Å². The lowest BCUT2D eigenvalue weighted by molar-refractivity contribution is 0.0536. The van der Waals surface area contributed by atoms with E-state index >= 15 is 0 Å². The zero-order chi connectivity index (χ0) is 20.8. The fraction of sp³-hybridized carbons (Fsp3) is 0.381. The number of piperazine rings is 1. The Morgan fingerprint density at radius 3 is 2.41 bits per heavy atom. The van der Waals surface area contributed by atoms with Crippen LogP contribution in [0.3, 0.4) is 0 Å². The second kappa shape index (κ2) is 9.56. The molecule has 3 amide bonds. The third-order valence-corrected chi connectivity index (χ3v) is 5.24. The maximum atomic E-state index is 13.0. The summed E-state index contributed by atoms with van der Waals surface area (Å²) in [4.78, 5) is 40.8. The first-order valence-corrected chi connectivity index (χ1v) is 10.5. The van der Waals surface area contributed by atoms with Gasteiger partial charge in [-0.15, -0.1) is 0 Å². The highest BCUT2D eigenvalue weighted by Gasteiger charge is 2.27. The average Bonchev–Trinajstić information content (AvgIpc) is 3.27. The molecule has 1 fully saturated rings. The van der Waals surface area contributed by atoms with Gasteiger partial charge in [-0.1, -0.05) is 26.0 Å². The molecule has 2 heterocycles. The summed E-state index contributed by atoms with van der Waals surface area (Å²) in [5, 5.41) is 6.42. The number of carbonyl (C=O) groups is 3. The van der Waals surface area contributed by atoms with Gasteiger partial charge >= 0.3 is 6.09 Å². The summed E-state index contributed by atoms with van der Waals surface area (Å²) >= 11 is 1.44. The minimum Gasteiger partial charge on any atom is -0.449 e. The highest BCUT2D eigenvalue weighted by molar-refractivity contribution is 7.08. The van der Waals surface area contributed by atoms with Crippen molar-refractivity contribution in [2.75, 3.05) is 38.1 Å². The molecule has 154 valence electrons. The standard InChI is InChI=1S/C21H25N3O4S/c1-15(2)13-28-21(27)24-10-8-23(9-11-24)20(26)17-5-3-4-6-18(17)22-19(25)16-7-12-29-14-16/h3-7,12,14-15H,8-11,13H2,1-2H3,(H,22,25). The van der Waals surface area contributed by atoms with Crippen LogP contribution in [-0.2, 0) is 4.74 Å². The molecular formula is C21H25N3O4S. The fourth-order valence-corrected chi connectivity index (χ4v) is 3.59. The van der Waals surface area contributed by atoms with Gasteiger partial charge < -0.3 is 19.9 Å². The number of nitrogens with one attached hydrogen (secondary N) is 1. The average molecular weight is 416 g/mol. The van der Waals surface area contributed by atoms with Crippen LogP contribution in [0, 0.1) is 5.92 Å². The molecule has 7 nitrogen and oxygen atoms in total. The molecule has 1 aliphatic rings. The van der Waals surface area contributed by atoms with Crippen LogP contribution in [0.4, 0.5) is 10.5 Å².